The van der Waals surface area contributed by atoms with E-state index in [4.69, 9.17) is 0 Å². The summed E-state index contributed by atoms with van der Waals surface area (Å²) < 4.78 is 0. The van der Waals surface area contributed by atoms with Crippen molar-refractivity contribution in [1.82, 2.24) is 0 Å². The molecule has 7 atom stereocenters. The lowest BCUT2D eigenvalue weighted by Gasteiger charge is -2.51. The fraction of sp³-hybridized carbons (Fsp3) is 1.00. The molecule has 0 spiro atoms. The molecule has 0 radical (unpaired) electrons. The lowest BCUT2D eigenvalue weighted by molar-refractivity contribution is -0.0241. The Morgan fingerprint density at radius 1 is 1.06 bits per heavy atom. The van der Waals surface area contributed by atoms with Crippen LogP contribution < -0.4 is 0 Å². The number of hydrogen-bond donors (Lipinski definition) is 0. The van der Waals surface area contributed by atoms with E-state index in [0.29, 0.717) is 0 Å². The van der Waals surface area contributed by atoms with Gasteiger partial charge in [0.2, 0.25) is 0 Å². The largest absolute Gasteiger partial charge is 0.0649 e. The van der Waals surface area contributed by atoms with E-state index in [1.807, 2.05) is 0 Å². The van der Waals surface area contributed by atoms with E-state index >= 15 is 0 Å². The van der Waals surface area contributed by atoms with Gasteiger partial charge in [-0.1, -0.05) is 27.2 Å². The molecule has 0 aliphatic heterocycles. The molecule has 0 amide bonds. The maximum atomic E-state index is 2.68. The third-order valence-electron chi connectivity index (χ3n) is 7.85. The van der Waals surface area contributed by atoms with E-state index in [-0.39, 0.29) is 0 Å². The van der Waals surface area contributed by atoms with Gasteiger partial charge in [0.15, 0.2) is 0 Å². The van der Waals surface area contributed by atoms with Crippen molar-refractivity contribution in [3.8, 4) is 0 Å². The Kier molecular flexibility index (Phi) is 1.68. The Morgan fingerprint density at radius 3 is 2.62 bits per heavy atom. The molecule has 4 rings (SSSR count). The quantitative estimate of drug-likeness (QED) is 0.569. The van der Waals surface area contributed by atoms with Gasteiger partial charge in [0.05, 0.1) is 0 Å². The zero-order chi connectivity index (χ0) is 11.1. The minimum atomic E-state index is 0.722. The van der Waals surface area contributed by atoms with Gasteiger partial charge in [-0.2, -0.15) is 0 Å². The first-order valence-corrected chi connectivity index (χ1v) is 7.59. The second kappa shape index (κ2) is 2.70. The molecule has 6 unspecified atom stereocenters. The van der Waals surface area contributed by atoms with Crippen molar-refractivity contribution in [1.29, 1.82) is 0 Å². The van der Waals surface area contributed by atoms with Crippen LogP contribution in [-0.2, 0) is 0 Å². The minimum absolute atomic E-state index is 0.722. The van der Waals surface area contributed by atoms with E-state index < -0.39 is 0 Å². The highest BCUT2D eigenvalue weighted by Crippen LogP contribution is 2.77. The second-order valence-electron chi connectivity index (χ2n) is 7.91. The summed E-state index contributed by atoms with van der Waals surface area (Å²) in [5.41, 5.74) is 1.52. The molecular weight excluding hydrogens is 192 g/mol. The Labute approximate surface area is 100 Å². The van der Waals surface area contributed by atoms with Crippen molar-refractivity contribution in [3.05, 3.63) is 0 Å². The van der Waals surface area contributed by atoms with Crippen LogP contribution in [-0.4, -0.2) is 0 Å². The van der Waals surface area contributed by atoms with Crippen molar-refractivity contribution in [2.24, 2.45) is 40.4 Å². The molecule has 4 aliphatic rings. The Balaban J connectivity index is 1.77. The van der Waals surface area contributed by atoms with Crippen molar-refractivity contribution >= 4 is 0 Å². The fourth-order valence-corrected chi connectivity index (χ4v) is 6.90. The zero-order valence-electron chi connectivity index (χ0n) is 11.1. The normalized spacial score (nSPS) is 66.6. The number of fused-ring (bicyclic) bond motifs is 9. The average Bonchev–Trinajstić information content (AvgIpc) is 2.94. The summed E-state index contributed by atoms with van der Waals surface area (Å²) in [5.74, 6) is 5.59. The van der Waals surface area contributed by atoms with Crippen LogP contribution in [0.1, 0.15) is 59.3 Å². The molecule has 0 heteroatoms. The van der Waals surface area contributed by atoms with Crippen LogP contribution in [0.3, 0.4) is 0 Å². The standard InChI is InChI=1S/C16H26/c1-4-15(2)9-12-8-13(15)14-10-5-6-11(7-10)16(12,14)3/h10-14H,4-9H2,1-3H3/t10?,11?,12?,13?,14?,15-,16?/m0/s1. The average molecular weight is 218 g/mol. The van der Waals surface area contributed by atoms with Crippen molar-refractivity contribution in [2.75, 3.05) is 0 Å². The van der Waals surface area contributed by atoms with Gasteiger partial charge in [0.1, 0.15) is 0 Å². The van der Waals surface area contributed by atoms with Gasteiger partial charge in [-0.25, -0.2) is 0 Å². The van der Waals surface area contributed by atoms with E-state index in [9.17, 15) is 0 Å². The van der Waals surface area contributed by atoms with E-state index in [2.05, 4.69) is 20.8 Å². The second-order valence-corrected chi connectivity index (χ2v) is 7.91. The predicted molar refractivity (Wildman–Crippen MR) is 67.0 cm³/mol. The van der Waals surface area contributed by atoms with Crippen molar-refractivity contribution < 1.29 is 0 Å². The van der Waals surface area contributed by atoms with E-state index in [0.717, 1.165) is 40.4 Å². The molecule has 0 saturated heterocycles. The minimum Gasteiger partial charge on any atom is -0.0649 e. The zero-order valence-corrected chi connectivity index (χ0v) is 11.1. The van der Waals surface area contributed by atoms with Gasteiger partial charge >= 0.3 is 0 Å². The van der Waals surface area contributed by atoms with Crippen LogP contribution >= 0.6 is 0 Å². The highest BCUT2D eigenvalue weighted by molar-refractivity contribution is 5.19. The molecule has 0 aromatic carbocycles. The van der Waals surface area contributed by atoms with Gasteiger partial charge < -0.3 is 0 Å². The van der Waals surface area contributed by atoms with Crippen LogP contribution in [0.15, 0.2) is 0 Å². The summed E-state index contributed by atoms with van der Waals surface area (Å²) in [6, 6.07) is 0. The summed E-state index contributed by atoms with van der Waals surface area (Å²) in [7, 11) is 0. The van der Waals surface area contributed by atoms with Crippen LogP contribution in [0, 0.1) is 40.4 Å². The summed E-state index contributed by atoms with van der Waals surface area (Å²) in [6.07, 6.45) is 9.34. The van der Waals surface area contributed by atoms with Crippen LogP contribution in [0.4, 0.5) is 0 Å². The monoisotopic (exact) mass is 218 g/mol. The van der Waals surface area contributed by atoms with Gasteiger partial charge in [-0.3, -0.25) is 0 Å². The lowest BCUT2D eigenvalue weighted by atomic mass is 9.54. The van der Waals surface area contributed by atoms with Gasteiger partial charge in [-0.15, -0.1) is 0 Å². The molecule has 4 aliphatic carbocycles. The molecule has 4 bridgehead atoms. The van der Waals surface area contributed by atoms with Crippen molar-refractivity contribution in [2.45, 2.75) is 59.3 Å². The Bertz CT molecular complexity index is 333. The van der Waals surface area contributed by atoms with E-state index in [1.165, 1.54) is 6.42 Å². The highest BCUT2D eigenvalue weighted by atomic mass is 14.7. The number of rotatable bonds is 1. The Morgan fingerprint density at radius 2 is 1.88 bits per heavy atom. The summed E-state index contributed by atoms with van der Waals surface area (Å²) in [4.78, 5) is 0. The molecule has 4 saturated carbocycles. The summed E-state index contributed by atoms with van der Waals surface area (Å²) in [6.45, 7) is 7.72. The summed E-state index contributed by atoms with van der Waals surface area (Å²) >= 11 is 0. The molecule has 0 aromatic heterocycles. The molecule has 90 valence electrons. The highest BCUT2D eigenvalue weighted by Gasteiger charge is 2.70. The molecule has 4 fully saturated rings. The van der Waals surface area contributed by atoms with Crippen LogP contribution in [0.5, 0.6) is 0 Å². The first kappa shape index (κ1) is 9.97. The smallest absolute Gasteiger partial charge is 0.0235 e. The first-order valence-electron chi connectivity index (χ1n) is 7.59. The molecule has 16 heavy (non-hydrogen) atoms. The predicted octanol–water partition coefficient (Wildman–Crippen LogP) is 4.49. The lowest BCUT2D eigenvalue weighted by Crippen LogP contribution is -2.44. The molecule has 0 nitrogen and oxygen atoms in total. The maximum Gasteiger partial charge on any atom is -0.0235 e. The van der Waals surface area contributed by atoms with Crippen LogP contribution in [0.2, 0.25) is 0 Å². The van der Waals surface area contributed by atoms with Crippen molar-refractivity contribution in [3.63, 3.8) is 0 Å². The molecule has 0 heterocycles. The first-order chi connectivity index (χ1) is 7.59. The molecule has 0 aromatic rings. The fourth-order valence-electron chi connectivity index (χ4n) is 6.90. The third-order valence-corrected chi connectivity index (χ3v) is 7.85. The van der Waals surface area contributed by atoms with Gasteiger partial charge in [-0.05, 0) is 72.5 Å². The van der Waals surface area contributed by atoms with E-state index in [1.54, 1.807) is 32.1 Å². The van der Waals surface area contributed by atoms with Gasteiger partial charge in [0.25, 0.3) is 0 Å². The molecule has 0 N–H and O–H groups in total. The maximum absolute atomic E-state index is 2.68. The SMILES string of the molecule is CC[C@@]1(C)CC2CC1C1C3CCC(C3)C21C. The number of hydrogen-bond acceptors (Lipinski definition) is 0. The Hall–Kier alpha value is 0. The van der Waals surface area contributed by atoms with Gasteiger partial charge in [0, 0.05) is 0 Å². The third kappa shape index (κ3) is 0.842. The summed E-state index contributed by atoms with van der Waals surface area (Å²) in [5, 5.41) is 0. The molecular formula is C16H26. The topological polar surface area (TPSA) is 0 Å². The van der Waals surface area contributed by atoms with Crippen LogP contribution in [0.25, 0.3) is 0 Å².